The zero-order chi connectivity index (χ0) is 24.9. The number of ether oxygens (including phenoxy) is 1. The van der Waals surface area contributed by atoms with E-state index in [1.807, 2.05) is 13.8 Å². The van der Waals surface area contributed by atoms with Crippen molar-refractivity contribution in [1.82, 2.24) is 19.7 Å². The molecule has 1 saturated carbocycles. The third-order valence-corrected chi connectivity index (χ3v) is 7.58. The van der Waals surface area contributed by atoms with Gasteiger partial charge in [0.25, 0.3) is 5.91 Å². The van der Waals surface area contributed by atoms with Crippen molar-refractivity contribution < 1.29 is 19.0 Å². The van der Waals surface area contributed by atoms with Gasteiger partial charge in [-0.1, -0.05) is 17.4 Å². The van der Waals surface area contributed by atoms with Gasteiger partial charge in [-0.15, -0.1) is 10.2 Å². The molecule has 1 aromatic carbocycles. The fraction of sp³-hybridized carbons (Fsp3) is 0.440. The highest BCUT2D eigenvalue weighted by atomic mass is 32.1. The number of amides is 1. The Morgan fingerprint density at radius 1 is 1.26 bits per heavy atom. The monoisotopic (exact) mass is 498 g/mol. The first-order valence-electron chi connectivity index (χ1n) is 11.7. The van der Waals surface area contributed by atoms with E-state index in [9.17, 15) is 19.1 Å². The summed E-state index contributed by atoms with van der Waals surface area (Å²) < 4.78 is 20.8. The Bertz CT molecular complexity index is 1350. The predicted octanol–water partition coefficient (Wildman–Crippen LogP) is 3.73. The van der Waals surface area contributed by atoms with E-state index in [1.165, 1.54) is 17.4 Å². The number of aromatic hydroxyl groups is 1. The second-order valence-electron chi connectivity index (χ2n) is 9.43. The first kappa shape index (κ1) is 23.6. The van der Waals surface area contributed by atoms with Crippen LogP contribution in [0.1, 0.15) is 65.3 Å². The minimum Gasteiger partial charge on any atom is -0.503 e. The molecule has 10 heteroatoms. The molecular formula is C25H27FN4O4S. The average Bonchev–Trinajstić information content (AvgIpc) is 3.57. The number of benzene rings is 1. The van der Waals surface area contributed by atoms with Crippen molar-refractivity contribution in [3.63, 3.8) is 0 Å². The molecule has 3 heterocycles. The number of nitrogens with zero attached hydrogens (tertiary/aromatic N) is 4. The molecule has 0 bridgehead atoms. The van der Waals surface area contributed by atoms with Crippen LogP contribution in [0.4, 0.5) is 4.39 Å². The van der Waals surface area contributed by atoms with Crippen LogP contribution >= 0.6 is 11.3 Å². The molecule has 1 N–H and O–H groups in total. The molecule has 1 fully saturated rings. The second kappa shape index (κ2) is 9.16. The van der Waals surface area contributed by atoms with Gasteiger partial charge in [0.05, 0.1) is 18.2 Å². The second-order valence-corrected chi connectivity index (χ2v) is 10.5. The summed E-state index contributed by atoms with van der Waals surface area (Å²) in [5.74, 6) is -0.848. The van der Waals surface area contributed by atoms with Crippen LogP contribution in [0.5, 0.6) is 5.75 Å². The van der Waals surface area contributed by atoms with E-state index in [-0.39, 0.29) is 29.2 Å². The van der Waals surface area contributed by atoms with Crippen molar-refractivity contribution in [2.24, 2.45) is 0 Å². The molecule has 1 amide bonds. The molecule has 3 aromatic rings. The average molecular weight is 499 g/mol. The van der Waals surface area contributed by atoms with Gasteiger partial charge in [0.1, 0.15) is 10.8 Å². The van der Waals surface area contributed by atoms with Crippen molar-refractivity contribution >= 4 is 17.2 Å². The molecule has 1 atom stereocenters. The number of carbonyl (C=O) groups is 1. The third kappa shape index (κ3) is 4.36. The quantitative estimate of drug-likeness (QED) is 0.533. The lowest BCUT2D eigenvalue weighted by Gasteiger charge is -2.38. The van der Waals surface area contributed by atoms with Crippen LogP contribution in [-0.2, 0) is 11.2 Å². The molecule has 0 unspecified atom stereocenters. The largest absolute Gasteiger partial charge is 0.503 e. The van der Waals surface area contributed by atoms with E-state index in [1.54, 1.807) is 34.9 Å². The predicted molar refractivity (Wildman–Crippen MR) is 130 cm³/mol. The molecular weight excluding hydrogens is 471 g/mol. The highest BCUT2D eigenvalue weighted by Crippen LogP contribution is 2.42. The molecule has 0 spiro atoms. The van der Waals surface area contributed by atoms with Gasteiger partial charge in [-0.2, -0.15) is 0 Å². The fourth-order valence-corrected chi connectivity index (χ4v) is 5.54. The normalized spacial score (nSPS) is 17.8. The topological polar surface area (TPSA) is 97.6 Å². The summed E-state index contributed by atoms with van der Waals surface area (Å²) in [6.45, 7) is 4.48. The number of hydrogen-bond donors (Lipinski definition) is 1. The molecule has 184 valence electrons. The van der Waals surface area contributed by atoms with Gasteiger partial charge in [-0.05, 0) is 55.9 Å². The summed E-state index contributed by atoms with van der Waals surface area (Å²) in [6.07, 6.45) is 4.17. The first-order valence-corrected chi connectivity index (χ1v) is 12.5. The van der Waals surface area contributed by atoms with Gasteiger partial charge >= 0.3 is 0 Å². The number of rotatable bonds is 7. The molecule has 1 aliphatic carbocycles. The van der Waals surface area contributed by atoms with Crippen molar-refractivity contribution in [2.75, 3.05) is 20.3 Å². The van der Waals surface area contributed by atoms with Gasteiger partial charge in [0.15, 0.2) is 16.5 Å². The molecule has 8 nitrogen and oxygen atoms in total. The summed E-state index contributed by atoms with van der Waals surface area (Å²) in [4.78, 5) is 27.8. The van der Waals surface area contributed by atoms with Gasteiger partial charge < -0.3 is 19.3 Å². The lowest BCUT2D eigenvalue weighted by Crippen LogP contribution is -2.48. The van der Waals surface area contributed by atoms with E-state index >= 15 is 0 Å². The van der Waals surface area contributed by atoms with Gasteiger partial charge in [-0.3, -0.25) is 9.59 Å². The molecule has 0 saturated heterocycles. The SMILES string of the molecule is COC[C@H]1CN(C(C)C)C(=O)c2c(O)c(=O)c(-c3nnc(Cc4ccc(F)cc4C4CC4)s3)cn21. The van der Waals surface area contributed by atoms with E-state index in [4.69, 9.17) is 4.74 Å². The van der Waals surface area contributed by atoms with Crippen LogP contribution in [0.3, 0.4) is 0 Å². The third-order valence-electron chi connectivity index (χ3n) is 6.62. The molecule has 35 heavy (non-hydrogen) atoms. The number of hydrogen-bond acceptors (Lipinski definition) is 7. The van der Waals surface area contributed by atoms with Crippen LogP contribution in [0.2, 0.25) is 0 Å². The highest BCUT2D eigenvalue weighted by Gasteiger charge is 2.36. The van der Waals surface area contributed by atoms with E-state index in [0.717, 1.165) is 24.0 Å². The number of aromatic nitrogens is 3. The molecule has 2 aromatic heterocycles. The van der Waals surface area contributed by atoms with Crippen molar-refractivity contribution in [3.8, 4) is 16.3 Å². The van der Waals surface area contributed by atoms with Gasteiger partial charge in [-0.25, -0.2) is 4.39 Å². The van der Waals surface area contributed by atoms with Crippen LogP contribution in [-0.4, -0.2) is 57.0 Å². The molecule has 0 radical (unpaired) electrons. The maximum atomic E-state index is 13.8. The van der Waals surface area contributed by atoms with Gasteiger partial charge in [0, 0.05) is 32.3 Å². The summed E-state index contributed by atoms with van der Waals surface area (Å²) in [7, 11) is 1.57. The van der Waals surface area contributed by atoms with Crippen molar-refractivity contribution in [2.45, 2.75) is 51.1 Å². The van der Waals surface area contributed by atoms with E-state index in [0.29, 0.717) is 35.5 Å². The molecule has 5 rings (SSSR count). The highest BCUT2D eigenvalue weighted by molar-refractivity contribution is 7.14. The van der Waals surface area contributed by atoms with Crippen molar-refractivity contribution in [3.05, 3.63) is 62.3 Å². The Morgan fingerprint density at radius 3 is 2.71 bits per heavy atom. The standard InChI is InChI=1S/C25H27FN4O4S/c1-13(2)29-10-17(12-34-3)30-11-19(22(31)23(32)21(30)25(29)33)24-28-27-20(35-24)8-15-6-7-16(26)9-18(15)14-4-5-14/h6-7,9,11,13-14,17,32H,4-5,8,10,12H2,1-3H3/t17-/m1/s1. The summed E-state index contributed by atoms with van der Waals surface area (Å²) >= 11 is 1.25. The van der Waals surface area contributed by atoms with E-state index < -0.39 is 17.1 Å². The smallest absolute Gasteiger partial charge is 0.274 e. The summed E-state index contributed by atoms with van der Waals surface area (Å²) in [5.41, 5.74) is 1.49. The summed E-state index contributed by atoms with van der Waals surface area (Å²) in [6, 6.07) is 4.46. The lowest BCUT2D eigenvalue weighted by atomic mass is 10.0. The van der Waals surface area contributed by atoms with Crippen LogP contribution < -0.4 is 5.43 Å². The minimum atomic E-state index is -0.658. The Kier molecular flexibility index (Phi) is 6.18. The van der Waals surface area contributed by atoms with Crippen LogP contribution in [0.15, 0.2) is 29.2 Å². The Balaban J connectivity index is 1.52. The van der Waals surface area contributed by atoms with Crippen LogP contribution in [0.25, 0.3) is 10.6 Å². The fourth-order valence-electron chi connectivity index (χ4n) is 4.67. The zero-order valence-electron chi connectivity index (χ0n) is 19.8. The number of halogens is 1. The maximum absolute atomic E-state index is 13.8. The van der Waals surface area contributed by atoms with Gasteiger partial charge in [0.2, 0.25) is 5.43 Å². The number of carbonyl (C=O) groups excluding carboxylic acids is 1. The minimum absolute atomic E-state index is 0.0362. The summed E-state index contributed by atoms with van der Waals surface area (Å²) in [5, 5.41) is 20.3. The zero-order valence-corrected chi connectivity index (χ0v) is 20.6. The Morgan fingerprint density at radius 2 is 2.03 bits per heavy atom. The molecule has 1 aliphatic heterocycles. The Labute approximate surface area is 206 Å². The molecule has 2 aliphatic rings. The first-order chi connectivity index (χ1) is 16.8. The number of methoxy groups -OCH3 is 1. The number of pyridine rings is 1. The number of fused-ring (bicyclic) bond motifs is 1. The lowest BCUT2D eigenvalue weighted by molar-refractivity contribution is 0.0511. The van der Waals surface area contributed by atoms with Crippen molar-refractivity contribution in [1.29, 1.82) is 0 Å². The Hall–Kier alpha value is -3.11. The van der Waals surface area contributed by atoms with Crippen LogP contribution in [0, 0.1) is 5.82 Å². The maximum Gasteiger partial charge on any atom is 0.274 e. The van der Waals surface area contributed by atoms with E-state index in [2.05, 4.69) is 10.2 Å².